The van der Waals surface area contributed by atoms with E-state index >= 15 is 0 Å². The van der Waals surface area contributed by atoms with Gasteiger partial charge in [0, 0.05) is 19.5 Å². The van der Waals surface area contributed by atoms with Crippen molar-refractivity contribution in [2.75, 3.05) is 40.4 Å². The summed E-state index contributed by atoms with van der Waals surface area (Å²) in [4.78, 5) is 6.25. The highest BCUT2D eigenvalue weighted by molar-refractivity contribution is 7.91. The van der Waals surface area contributed by atoms with Crippen LogP contribution in [0.3, 0.4) is 0 Å². The molecule has 1 heterocycles. The van der Waals surface area contributed by atoms with Gasteiger partial charge in [-0.05, 0) is 74.9 Å². The lowest BCUT2D eigenvalue weighted by Gasteiger charge is -2.34. The molecule has 14 heteroatoms. The molecule has 0 unspecified atom stereocenters. The summed E-state index contributed by atoms with van der Waals surface area (Å²) in [5.41, 5.74) is 11.2. The molecule has 0 radical (unpaired) electrons. The van der Waals surface area contributed by atoms with Gasteiger partial charge in [-0.1, -0.05) is 18.2 Å². The summed E-state index contributed by atoms with van der Waals surface area (Å²) in [6, 6.07) is 9.95. The zero-order valence-corrected chi connectivity index (χ0v) is 23.4. The Kier molecular flexibility index (Phi) is 9.82. The van der Waals surface area contributed by atoms with Crippen LogP contribution in [0, 0.1) is 6.92 Å². The number of nitrogens with two attached hydrogens (primary N) is 2. The van der Waals surface area contributed by atoms with Gasteiger partial charge in [0.1, 0.15) is 16.4 Å². The highest BCUT2D eigenvalue weighted by Gasteiger charge is 2.35. The summed E-state index contributed by atoms with van der Waals surface area (Å²) in [7, 11) is -5.21. The first-order chi connectivity index (χ1) is 17.9. The van der Waals surface area contributed by atoms with Crippen LogP contribution in [0.2, 0.25) is 0 Å². The van der Waals surface area contributed by atoms with E-state index in [9.17, 15) is 16.8 Å². The van der Waals surface area contributed by atoms with Crippen molar-refractivity contribution in [2.45, 2.75) is 42.0 Å². The number of piperidine rings is 1. The molecule has 0 saturated carbocycles. The van der Waals surface area contributed by atoms with Crippen LogP contribution in [0.1, 0.15) is 24.8 Å². The number of sulfonamides is 1. The number of oxime groups is 1. The van der Waals surface area contributed by atoms with Crippen molar-refractivity contribution < 1.29 is 30.6 Å². The van der Waals surface area contributed by atoms with Gasteiger partial charge in [-0.25, -0.2) is 8.42 Å². The average molecular weight is 570 g/mol. The fourth-order valence-corrected chi connectivity index (χ4v) is 7.10. The minimum atomic E-state index is -4.55. The van der Waals surface area contributed by atoms with Gasteiger partial charge in [-0.2, -0.15) is 12.7 Å². The number of aryl methyl sites for hydroxylation is 1. The fraction of sp³-hybridized carbons (Fsp3) is 0.458. The largest absolute Gasteiger partial charge is 0.489 e. The molecule has 0 amide bonds. The van der Waals surface area contributed by atoms with Crippen molar-refractivity contribution in [2.24, 2.45) is 16.6 Å². The van der Waals surface area contributed by atoms with Gasteiger partial charge in [0.2, 0.25) is 16.0 Å². The molecule has 1 saturated heterocycles. The molecule has 1 aliphatic heterocycles. The van der Waals surface area contributed by atoms with E-state index in [1.54, 1.807) is 12.1 Å². The van der Waals surface area contributed by atoms with Gasteiger partial charge in [0.05, 0.1) is 6.61 Å². The Balaban J connectivity index is 1.82. The maximum atomic E-state index is 13.5. The van der Waals surface area contributed by atoms with Crippen LogP contribution < -0.4 is 20.4 Å². The van der Waals surface area contributed by atoms with E-state index in [0.29, 0.717) is 19.3 Å². The standard InChI is InChI=1S/C24H35N5O7S2/c1-18-9-10-20(21(17-18)34-15-6-16-35-27-24(25)26)36-38(32,33)23-8-5-4-7-22(23)37(30,31)29(3)19-11-13-28(2)14-12-19/h4-5,7-10,17,19H,6,11-16H2,1-3H3,(H4,25,26,27). The molecule has 1 fully saturated rings. The molecule has 0 atom stereocenters. The Morgan fingerprint density at radius 2 is 1.68 bits per heavy atom. The lowest BCUT2D eigenvalue weighted by molar-refractivity contribution is 0.126. The van der Waals surface area contributed by atoms with E-state index < -0.39 is 25.0 Å². The predicted molar refractivity (Wildman–Crippen MR) is 143 cm³/mol. The van der Waals surface area contributed by atoms with Gasteiger partial charge in [-0.3, -0.25) is 0 Å². The maximum Gasteiger partial charge on any atom is 0.340 e. The van der Waals surface area contributed by atoms with Crippen molar-refractivity contribution in [1.82, 2.24) is 9.21 Å². The van der Waals surface area contributed by atoms with Gasteiger partial charge >= 0.3 is 10.1 Å². The number of nitrogens with zero attached hydrogens (tertiary/aromatic N) is 3. The summed E-state index contributed by atoms with van der Waals surface area (Å²) in [6.45, 7) is 3.66. The van der Waals surface area contributed by atoms with E-state index in [-0.39, 0.29) is 41.6 Å². The molecule has 0 aromatic heterocycles. The summed E-state index contributed by atoms with van der Waals surface area (Å²) in [5, 5.41) is 3.41. The molecule has 2 aromatic carbocycles. The smallest absolute Gasteiger partial charge is 0.340 e. The fourth-order valence-electron chi connectivity index (χ4n) is 3.97. The Morgan fingerprint density at radius 3 is 2.34 bits per heavy atom. The number of hydrogen-bond acceptors (Lipinski definition) is 9. The summed E-state index contributed by atoms with van der Waals surface area (Å²) >= 11 is 0. The van der Waals surface area contributed by atoms with Crippen LogP contribution in [0.4, 0.5) is 0 Å². The second-order valence-electron chi connectivity index (χ2n) is 9.04. The van der Waals surface area contributed by atoms with Crippen molar-refractivity contribution in [3.05, 3.63) is 48.0 Å². The van der Waals surface area contributed by atoms with Gasteiger partial charge < -0.3 is 30.1 Å². The van der Waals surface area contributed by atoms with Crippen molar-refractivity contribution in [3.63, 3.8) is 0 Å². The number of likely N-dealkylation sites (tertiary alicyclic amines) is 1. The molecule has 12 nitrogen and oxygen atoms in total. The maximum absolute atomic E-state index is 13.5. The van der Waals surface area contributed by atoms with Crippen LogP contribution in [0.25, 0.3) is 0 Å². The number of guanidine groups is 1. The minimum absolute atomic E-state index is 0.0726. The molecule has 1 aliphatic rings. The molecular weight excluding hydrogens is 534 g/mol. The summed E-state index contributed by atoms with van der Waals surface area (Å²) in [5.74, 6) is -0.0962. The van der Waals surface area contributed by atoms with E-state index in [4.69, 9.17) is 25.2 Å². The molecule has 38 heavy (non-hydrogen) atoms. The first-order valence-electron chi connectivity index (χ1n) is 12.1. The van der Waals surface area contributed by atoms with Crippen LogP contribution in [0.15, 0.2) is 57.4 Å². The lowest BCUT2D eigenvalue weighted by atomic mass is 10.1. The zero-order valence-electron chi connectivity index (χ0n) is 21.7. The third kappa shape index (κ3) is 7.49. The van der Waals surface area contributed by atoms with E-state index in [1.807, 2.05) is 14.0 Å². The molecule has 0 spiro atoms. The monoisotopic (exact) mass is 569 g/mol. The molecule has 3 rings (SSSR count). The number of hydrogen-bond donors (Lipinski definition) is 2. The van der Waals surface area contributed by atoms with E-state index in [1.165, 1.54) is 41.7 Å². The van der Waals surface area contributed by atoms with Gasteiger partial charge in [0.25, 0.3) is 0 Å². The van der Waals surface area contributed by atoms with E-state index in [2.05, 4.69) is 10.1 Å². The first-order valence-corrected chi connectivity index (χ1v) is 14.9. The van der Waals surface area contributed by atoms with Crippen molar-refractivity contribution in [1.29, 1.82) is 0 Å². The highest BCUT2D eigenvalue weighted by atomic mass is 32.2. The third-order valence-electron chi connectivity index (χ3n) is 6.08. The lowest BCUT2D eigenvalue weighted by Crippen LogP contribution is -2.44. The quantitative estimate of drug-likeness (QED) is 0.126. The molecule has 2 aromatic rings. The molecule has 210 valence electrons. The predicted octanol–water partition coefficient (Wildman–Crippen LogP) is 1.45. The van der Waals surface area contributed by atoms with Gasteiger partial charge in [-0.15, -0.1) is 0 Å². The number of rotatable bonds is 12. The normalized spacial score (nSPS) is 15.3. The SMILES string of the molecule is Cc1ccc(OS(=O)(=O)c2ccccc2S(=O)(=O)N(C)C2CCN(C)CC2)c(OCCCON=C(N)N)c1. The highest BCUT2D eigenvalue weighted by Crippen LogP contribution is 2.33. The molecule has 4 N–H and O–H groups in total. The molecular formula is C24H35N5O7S2. The minimum Gasteiger partial charge on any atom is -0.489 e. The Bertz CT molecular complexity index is 1340. The summed E-state index contributed by atoms with van der Waals surface area (Å²) in [6.07, 6.45) is 1.71. The Morgan fingerprint density at radius 1 is 1.03 bits per heavy atom. The van der Waals surface area contributed by atoms with Gasteiger partial charge in [0.15, 0.2) is 11.5 Å². The Hall–Kier alpha value is -3.07. The number of benzene rings is 2. The summed E-state index contributed by atoms with van der Waals surface area (Å²) < 4.78 is 66.3. The van der Waals surface area contributed by atoms with Crippen LogP contribution in [0.5, 0.6) is 11.5 Å². The topological polar surface area (TPSA) is 167 Å². The van der Waals surface area contributed by atoms with Crippen LogP contribution >= 0.6 is 0 Å². The van der Waals surface area contributed by atoms with Crippen LogP contribution in [-0.4, -0.2) is 78.4 Å². The van der Waals surface area contributed by atoms with E-state index in [0.717, 1.165) is 18.7 Å². The van der Waals surface area contributed by atoms with Crippen molar-refractivity contribution >= 4 is 26.1 Å². The second-order valence-corrected chi connectivity index (χ2v) is 12.5. The molecule has 0 bridgehead atoms. The molecule has 0 aliphatic carbocycles. The third-order valence-corrected chi connectivity index (χ3v) is 9.48. The van der Waals surface area contributed by atoms with Crippen molar-refractivity contribution in [3.8, 4) is 11.5 Å². The van der Waals surface area contributed by atoms with Crippen LogP contribution in [-0.2, 0) is 25.0 Å². The zero-order chi connectivity index (χ0) is 27.9. The number of ether oxygens (including phenoxy) is 1. The average Bonchev–Trinajstić information content (AvgIpc) is 2.87. The second kappa shape index (κ2) is 12.7. The Labute approximate surface area is 224 Å². The first kappa shape index (κ1) is 29.5.